The second-order valence-corrected chi connectivity index (χ2v) is 56.2. The fourth-order valence-electron chi connectivity index (χ4n) is 8.15. The van der Waals surface area contributed by atoms with Gasteiger partial charge in [0.05, 0.1) is 26.4 Å². The molecule has 0 radical (unpaired) electrons. The topological polar surface area (TPSA) is 260 Å². The molecule has 84 heavy (non-hydrogen) atoms. The van der Waals surface area contributed by atoms with E-state index in [0.717, 1.165) is 62.0 Å². The summed E-state index contributed by atoms with van der Waals surface area (Å²) in [7, 11) is -12.6. The first-order valence-electron chi connectivity index (χ1n) is 29.6. The molecule has 0 aromatic heterocycles. The lowest BCUT2D eigenvalue weighted by Gasteiger charge is -2.38. The van der Waals surface area contributed by atoms with Gasteiger partial charge in [-0.2, -0.15) is 0 Å². The lowest BCUT2D eigenvalue weighted by molar-refractivity contribution is -0.143. The zero-order chi connectivity index (χ0) is 65.4. The van der Waals surface area contributed by atoms with Crippen molar-refractivity contribution in [1.29, 1.82) is 0 Å². The summed E-state index contributed by atoms with van der Waals surface area (Å²) in [5.41, 5.74) is 0.637. The number of carbonyl (C=O) groups excluding carboxylic acids is 4. The number of ether oxygens (including phenoxy) is 8. The first-order chi connectivity index (χ1) is 38.5. The normalized spacial score (nSPS) is 13.8. The van der Waals surface area contributed by atoms with E-state index < -0.39 is 107 Å². The van der Waals surface area contributed by atoms with E-state index in [2.05, 4.69) is 131 Å². The van der Waals surface area contributed by atoms with E-state index in [1.807, 2.05) is 0 Å². The smallest absolute Gasteiger partial charge is 0.333 e. The molecule has 0 spiro atoms. The Morgan fingerprint density at radius 2 is 0.643 bits per heavy atom. The number of hydrogen-bond donors (Lipinski definition) is 4. The lowest BCUT2D eigenvalue weighted by atomic mass is 10.3. The van der Waals surface area contributed by atoms with Crippen molar-refractivity contribution < 1.29 is 94.0 Å². The molecule has 0 aliphatic carbocycles. The van der Waals surface area contributed by atoms with E-state index in [0.29, 0.717) is 37.6 Å². The van der Waals surface area contributed by atoms with Gasteiger partial charge in [-0.05, 0) is 168 Å². The van der Waals surface area contributed by atoms with E-state index in [1.165, 1.54) is 18.9 Å². The molecule has 0 rings (SSSR count). The molecular formula is C57H118O20Si7. The minimum absolute atomic E-state index is 0.0632. The maximum atomic E-state index is 11.3. The number of aliphatic hydroxyl groups excluding tert-OH is 4. The van der Waals surface area contributed by atoms with Crippen LogP contribution >= 0.6 is 0 Å². The molecule has 0 fully saturated rings. The summed E-state index contributed by atoms with van der Waals surface area (Å²) in [6, 6.07) is 5.03. The minimum atomic E-state index is -2.24. The summed E-state index contributed by atoms with van der Waals surface area (Å²) in [4.78, 5) is 44.4. The number of carbonyl (C=O) groups is 4. The molecule has 0 bridgehead atoms. The van der Waals surface area contributed by atoms with E-state index in [-0.39, 0.29) is 52.9 Å². The van der Waals surface area contributed by atoms with Gasteiger partial charge in [-0.25, -0.2) is 19.2 Å². The first kappa shape index (κ1) is 86.1. The van der Waals surface area contributed by atoms with Crippen LogP contribution in [-0.2, 0) is 73.5 Å². The van der Waals surface area contributed by atoms with E-state index in [4.69, 9.17) is 54.4 Å². The SMILES string of the molecule is C=C(C)C(=O)OCC(O)COCCC[Si](C)(C)O[Si](C)(C)CCCC.C=C(C)C(=O)OCC(O)COCCC[Si](C)(O[Si](C)(C)C)O[Si](C)(C)C.C=CC(=O)OCC(O)COCCC[Si](C)(C)O[Si](C)(C)CCCOCC(O)COC(=O)C=C. The van der Waals surface area contributed by atoms with Gasteiger partial charge in [0.1, 0.15) is 50.8 Å². The van der Waals surface area contributed by atoms with Gasteiger partial charge in [0.2, 0.25) is 0 Å². The summed E-state index contributed by atoms with van der Waals surface area (Å²) in [6.45, 7) is 54.4. The van der Waals surface area contributed by atoms with Crippen LogP contribution in [0.15, 0.2) is 49.6 Å². The van der Waals surface area contributed by atoms with Crippen molar-refractivity contribution in [2.45, 2.75) is 212 Å². The van der Waals surface area contributed by atoms with Gasteiger partial charge in [-0.1, -0.05) is 46.1 Å². The van der Waals surface area contributed by atoms with E-state index >= 15 is 0 Å². The van der Waals surface area contributed by atoms with Gasteiger partial charge in [0.15, 0.2) is 49.9 Å². The molecule has 0 heterocycles. The molecule has 0 aliphatic rings. The van der Waals surface area contributed by atoms with Crippen molar-refractivity contribution in [2.24, 2.45) is 0 Å². The van der Waals surface area contributed by atoms with Gasteiger partial charge in [0, 0.05) is 49.7 Å². The maximum absolute atomic E-state index is 11.3. The van der Waals surface area contributed by atoms with Crippen LogP contribution in [0.25, 0.3) is 0 Å². The second-order valence-electron chi connectivity index (χ2n) is 25.7. The number of esters is 4. The highest BCUT2D eigenvalue weighted by Gasteiger charge is 2.40. The molecule has 0 aliphatic heterocycles. The molecular weight excluding hydrogens is 1200 g/mol. The van der Waals surface area contributed by atoms with Crippen molar-refractivity contribution in [3.05, 3.63) is 49.6 Å². The Kier molecular flexibility index (Phi) is 46.3. The van der Waals surface area contributed by atoms with Crippen molar-refractivity contribution in [3.63, 3.8) is 0 Å². The first-order valence-corrected chi connectivity index (χ1v) is 51.4. The second kappa shape index (κ2) is 45.2. The largest absolute Gasteiger partial charge is 0.460 e. The summed E-state index contributed by atoms with van der Waals surface area (Å²) in [5, 5.41) is 39.0. The fraction of sp³-hybridized carbons (Fsp3) is 0.789. The minimum Gasteiger partial charge on any atom is -0.460 e. The van der Waals surface area contributed by atoms with Crippen molar-refractivity contribution in [3.8, 4) is 0 Å². The van der Waals surface area contributed by atoms with Gasteiger partial charge >= 0.3 is 32.4 Å². The lowest BCUT2D eigenvalue weighted by Crippen LogP contribution is -2.52. The third kappa shape index (κ3) is 55.2. The third-order valence-electron chi connectivity index (χ3n) is 11.3. The van der Waals surface area contributed by atoms with Crippen LogP contribution in [0.5, 0.6) is 0 Å². The molecule has 27 heteroatoms. The Bertz CT molecular complexity index is 1810. The summed E-state index contributed by atoms with van der Waals surface area (Å²) < 4.78 is 67.3. The van der Waals surface area contributed by atoms with Gasteiger partial charge in [0.25, 0.3) is 0 Å². The molecule has 4 atom stereocenters. The van der Waals surface area contributed by atoms with Crippen LogP contribution in [0, 0.1) is 0 Å². The van der Waals surface area contributed by atoms with E-state index in [1.54, 1.807) is 13.8 Å². The average molecular weight is 1320 g/mol. The molecule has 0 amide bonds. The summed E-state index contributed by atoms with van der Waals surface area (Å²) in [5.74, 6) is -2.13. The average Bonchev–Trinajstić information content (AvgIpc) is 3.58. The third-order valence-corrected chi connectivity index (χ3v) is 36.0. The Hall–Kier alpha value is -2.12. The van der Waals surface area contributed by atoms with E-state index in [9.17, 15) is 39.6 Å². The number of aliphatic hydroxyl groups is 4. The van der Waals surface area contributed by atoms with Crippen LogP contribution in [-0.4, -0.2) is 206 Å². The van der Waals surface area contributed by atoms with Crippen LogP contribution in [0.2, 0.25) is 128 Å². The van der Waals surface area contributed by atoms with Gasteiger partial charge < -0.3 is 74.8 Å². The molecule has 0 aromatic carbocycles. The van der Waals surface area contributed by atoms with Crippen LogP contribution in [0.1, 0.15) is 59.3 Å². The molecule has 0 saturated heterocycles. The summed E-state index contributed by atoms with van der Waals surface area (Å²) in [6.07, 6.45) is 4.64. The Labute approximate surface area is 514 Å². The fourth-order valence-corrected chi connectivity index (χ4v) is 38.5. The molecule has 494 valence electrons. The van der Waals surface area contributed by atoms with Crippen molar-refractivity contribution in [2.75, 3.05) is 79.3 Å². The summed E-state index contributed by atoms with van der Waals surface area (Å²) >= 11 is 0. The van der Waals surface area contributed by atoms with Crippen LogP contribution < -0.4 is 0 Å². The van der Waals surface area contributed by atoms with Crippen molar-refractivity contribution in [1.82, 2.24) is 0 Å². The number of rotatable bonds is 47. The molecule has 20 nitrogen and oxygen atoms in total. The number of hydrogen-bond acceptors (Lipinski definition) is 20. The standard InChI is InChI=1S/C22H42O9Si2.C18H38O5Si2.C17H38O6Si3/c1-7-21(25)29-17-19(23)15-27-11-9-13-32(3,4)31-33(5,6)14-10-12-28-16-20(24)18-30-22(26)8-2;1-8-9-12-24(4,5)23-25(6,7)13-10-11-21-14-17(19)15-22-18(20)16(2)3;1-15(2)17(19)21-14-16(18)13-20-11-10-12-26(9,22-24(3,4)5)23-25(6,7)8/h7-8,19-20,23-24H,1-2,9-18H2,3-6H3;17,19H,2,8-15H2,1,3-7H3;16,18H,1,10-14H2,2-9H3. The molecule has 4 unspecified atom stereocenters. The predicted octanol–water partition coefficient (Wildman–Crippen LogP) is 10.2. The predicted molar refractivity (Wildman–Crippen MR) is 351 cm³/mol. The van der Waals surface area contributed by atoms with Crippen LogP contribution in [0.3, 0.4) is 0 Å². The highest BCUT2D eigenvalue weighted by molar-refractivity contribution is 6.88. The van der Waals surface area contributed by atoms with Crippen molar-refractivity contribution >= 4 is 82.3 Å². The Morgan fingerprint density at radius 1 is 0.393 bits per heavy atom. The maximum Gasteiger partial charge on any atom is 0.333 e. The highest BCUT2D eigenvalue weighted by Crippen LogP contribution is 2.27. The molecule has 0 saturated carbocycles. The zero-order valence-electron chi connectivity index (χ0n) is 55.4. The Morgan fingerprint density at radius 3 is 0.881 bits per heavy atom. The monoisotopic (exact) mass is 1320 g/mol. The Balaban J connectivity index is -0.00000119. The molecule has 0 aromatic rings. The quantitative estimate of drug-likeness (QED) is 0.0145. The van der Waals surface area contributed by atoms with Gasteiger partial charge in [-0.15, -0.1) is 0 Å². The van der Waals surface area contributed by atoms with Crippen LogP contribution in [0.4, 0.5) is 0 Å². The number of unbranched alkanes of at least 4 members (excludes halogenated alkanes) is 1. The van der Waals surface area contributed by atoms with Gasteiger partial charge in [-0.3, -0.25) is 0 Å². The molecule has 4 N–H and O–H groups in total. The zero-order valence-corrected chi connectivity index (χ0v) is 62.4. The highest BCUT2D eigenvalue weighted by atomic mass is 28.5.